The molecule has 21 heavy (non-hydrogen) atoms. The Morgan fingerprint density at radius 2 is 2.19 bits per heavy atom. The molecule has 1 aliphatic rings. The minimum Gasteiger partial charge on any atom is -0.477 e. The average Bonchev–Trinajstić information content (AvgIpc) is 3.02. The second-order valence-corrected chi connectivity index (χ2v) is 5.11. The van der Waals surface area contributed by atoms with E-state index < -0.39 is 11.5 Å². The first-order chi connectivity index (χ1) is 10.0. The van der Waals surface area contributed by atoms with Gasteiger partial charge in [0.25, 0.3) is 5.91 Å². The number of rotatable bonds is 4. The summed E-state index contributed by atoms with van der Waals surface area (Å²) in [5.74, 6) is -0.846. The number of nitrogens with zero attached hydrogens (tertiary/aromatic N) is 2. The summed E-state index contributed by atoms with van der Waals surface area (Å²) in [4.78, 5) is 33.9. The van der Waals surface area contributed by atoms with Gasteiger partial charge in [-0.1, -0.05) is 0 Å². The monoisotopic (exact) mass is 290 g/mol. The number of carboxylic acids is 1. The molecule has 1 fully saturated rings. The minimum atomic E-state index is -1.08. The Kier molecular flexibility index (Phi) is 3.00. The van der Waals surface area contributed by atoms with E-state index in [0.717, 1.165) is 6.42 Å². The van der Waals surface area contributed by atoms with E-state index in [-0.39, 0.29) is 17.4 Å². The maximum Gasteiger partial charge on any atom is 0.353 e. The fourth-order valence-corrected chi connectivity index (χ4v) is 2.42. The third-order valence-electron chi connectivity index (χ3n) is 3.77. The van der Waals surface area contributed by atoms with Crippen LogP contribution in [0.4, 0.5) is 0 Å². The Bertz CT molecular complexity index is 699. The van der Waals surface area contributed by atoms with Crippen LogP contribution in [0.1, 0.15) is 51.8 Å². The normalized spacial score (nSPS) is 16.2. The maximum absolute atomic E-state index is 12.2. The molecule has 0 saturated heterocycles. The van der Waals surface area contributed by atoms with Gasteiger partial charge in [0.2, 0.25) is 5.76 Å². The first-order valence-electron chi connectivity index (χ1n) is 6.53. The van der Waals surface area contributed by atoms with Crippen molar-refractivity contribution in [2.45, 2.75) is 31.7 Å². The molecule has 2 heterocycles. The molecule has 1 aliphatic carbocycles. The van der Waals surface area contributed by atoms with Gasteiger partial charge >= 0.3 is 5.97 Å². The highest BCUT2D eigenvalue weighted by Crippen LogP contribution is 2.40. The van der Waals surface area contributed by atoms with Crippen LogP contribution in [0.3, 0.4) is 0 Å². The zero-order valence-electron chi connectivity index (χ0n) is 11.3. The van der Waals surface area contributed by atoms with E-state index in [2.05, 4.69) is 20.3 Å². The van der Waals surface area contributed by atoms with Crippen molar-refractivity contribution in [2.75, 3.05) is 0 Å². The Balaban J connectivity index is 1.85. The molecule has 8 nitrogen and oxygen atoms in total. The number of nitrogens with one attached hydrogen (secondary N) is 2. The maximum atomic E-state index is 12.2. The molecule has 0 radical (unpaired) electrons. The minimum absolute atomic E-state index is 0.00127. The molecule has 0 atom stereocenters. The molecule has 2 aromatic rings. The summed E-state index contributed by atoms with van der Waals surface area (Å²) < 4.78 is 5.07. The lowest BCUT2D eigenvalue weighted by Gasteiger charge is -2.40. The molecule has 8 heteroatoms. The Hall–Kier alpha value is -2.64. The Labute approximate surface area is 119 Å². The van der Waals surface area contributed by atoms with Gasteiger partial charge in [-0.2, -0.15) is 0 Å². The summed E-state index contributed by atoms with van der Waals surface area (Å²) in [7, 11) is 0. The first-order valence-corrected chi connectivity index (χ1v) is 6.53. The van der Waals surface area contributed by atoms with Crippen LogP contribution in [0.5, 0.6) is 0 Å². The predicted octanol–water partition coefficient (Wildman–Crippen LogP) is 1.21. The third-order valence-corrected chi connectivity index (χ3v) is 3.77. The summed E-state index contributed by atoms with van der Waals surface area (Å²) in [5.41, 5.74) is -0.154. The number of aromatic nitrogens is 3. The molecular formula is C13H14N4O4. The van der Waals surface area contributed by atoms with Gasteiger partial charge in [-0.3, -0.25) is 4.79 Å². The van der Waals surface area contributed by atoms with Crippen molar-refractivity contribution in [3.63, 3.8) is 0 Å². The van der Waals surface area contributed by atoms with E-state index >= 15 is 0 Å². The molecular weight excluding hydrogens is 276 g/mol. The van der Waals surface area contributed by atoms with Crippen molar-refractivity contribution in [3.05, 3.63) is 35.6 Å². The van der Waals surface area contributed by atoms with Gasteiger partial charge in [0.15, 0.2) is 6.39 Å². The topological polar surface area (TPSA) is 121 Å². The number of carbonyl (C=O) groups is 2. The van der Waals surface area contributed by atoms with Crippen molar-refractivity contribution in [1.82, 2.24) is 20.3 Å². The number of carboxylic acid groups (broad SMARTS) is 1. The quantitative estimate of drug-likeness (QED) is 0.778. The number of imidazole rings is 1. The number of carbonyl (C=O) groups excluding carboxylic acids is 1. The molecule has 0 aliphatic heterocycles. The molecule has 0 aromatic carbocycles. The van der Waals surface area contributed by atoms with Gasteiger partial charge in [-0.25, -0.2) is 14.8 Å². The SMILES string of the molecule is Cc1ncoc1C(=O)NC1(c2ncc(C(=O)O)[nH]2)CCC1. The van der Waals surface area contributed by atoms with Crippen LogP contribution in [-0.4, -0.2) is 31.9 Å². The molecule has 2 aromatic heterocycles. The summed E-state index contributed by atoms with van der Waals surface area (Å²) in [6.45, 7) is 1.68. The van der Waals surface area contributed by atoms with Crippen molar-refractivity contribution in [1.29, 1.82) is 0 Å². The summed E-state index contributed by atoms with van der Waals surface area (Å²) in [6, 6.07) is 0. The number of H-pyrrole nitrogens is 1. The number of aromatic carboxylic acids is 1. The average molecular weight is 290 g/mol. The molecule has 0 spiro atoms. The van der Waals surface area contributed by atoms with Crippen LogP contribution in [0.15, 0.2) is 17.0 Å². The van der Waals surface area contributed by atoms with Gasteiger partial charge in [0.05, 0.1) is 17.4 Å². The Morgan fingerprint density at radius 1 is 1.43 bits per heavy atom. The van der Waals surface area contributed by atoms with E-state index in [1.165, 1.54) is 12.6 Å². The molecule has 110 valence electrons. The van der Waals surface area contributed by atoms with Crippen LogP contribution in [-0.2, 0) is 5.54 Å². The summed E-state index contributed by atoms with van der Waals surface area (Å²) >= 11 is 0. The van der Waals surface area contributed by atoms with Crippen LogP contribution in [0.25, 0.3) is 0 Å². The van der Waals surface area contributed by atoms with Crippen molar-refractivity contribution >= 4 is 11.9 Å². The number of oxazole rings is 1. The van der Waals surface area contributed by atoms with Crippen LogP contribution in [0, 0.1) is 6.92 Å². The second-order valence-electron chi connectivity index (χ2n) is 5.11. The van der Waals surface area contributed by atoms with Crippen LogP contribution in [0.2, 0.25) is 0 Å². The third kappa shape index (κ3) is 2.18. The first kappa shape index (κ1) is 13.3. The van der Waals surface area contributed by atoms with Crippen molar-refractivity contribution in [3.8, 4) is 0 Å². The standard InChI is InChI=1S/C13H14N4O4/c1-7-9(21-6-15-7)10(18)17-13(3-2-4-13)12-14-5-8(16-12)11(19)20/h5-6H,2-4H2,1H3,(H,14,16)(H,17,18)(H,19,20). The smallest absolute Gasteiger partial charge is 0.353 e. The predicted molar refractivity (Wildman–Crippen MR) is 69.8 cm³/mol. The number of aryl methyl sites for hydroxylation is 1. The number of hydrogen-bond acceptors (Lipinski definition) is 5. The second kappa shape index (κ2) is 4.72. The van der Waals surface area contributed by atoms with Crippen molar-refractivity contribution in [2.24, 2.45) is 0 Å². The van der Waals surface area contributed by atoms with Crippen molar-refractivity contribution < 1.29 is 19.1 Å². The lowest BCUT2D eigenvalue weighted by Crippen LogP contribution is -2.51. The van der Waals surface area contributed by atoms with Gasteiger partial charge < -0.3 is 19.8 Å². The number of amides is 1. The van der Waals surface area contributed by atoms with E-state index in [1.807, 2.05) is 0 Å². The highest BCUT2D eigenvalue weighted by atomic mass is 16.4. The van der Waals surface area contributed by atoms with Crippen LogP contribution < -0.4 is 5.32 Å². The van der Waals surface area contributed by atoms with Gasteiger partial charge in [-0.15, -0.1) is 0 Å². The Morgan fingerprint density at radius 3 is 2.67 bits per heavy atom. The molecule has 0 bridgehead atoms. The molecule has 1 amide bonds. The van der Waals surface area contributed by atoms with E-state index in [0.29, 0.717) is 24.4 Å². The van der Waals surface area contributed by atoms with Gasteiger partial charge in [0, 0.05) is 0 Å². The molecule has 3 N–H and O–H groups in total. The van der Waals surface area contributed by atoms with Gasteiger partial charge in [-0.05, 0) is 26.2 Å². The molecule has 3 rings (SSSR count). The lowest BCUT2D eigenvalue weighted by atomic mass is 9.76. The van der Waals surface area contributed by atoms with E-state index in [1.54, 1.807) is 6.92 Å². The van der Waals surface area contributed by atoms with Gasteiger partial charge in [0.1, 0.15) is 11.5 Å². The highest BCUT2D eigenvalue weighted by Gasteiger charge is 2.43. The lowest BCUT2D eigenvalue weighted by molar-refractivity contribution is 0.0690. The summed E-state index contributed by atoms with van der Waals surface area (Å²) in [6.07, 6.45) is 4.78. The zero-order chi connectivity index (χ0) is 15.0. The largest absolute Gasteiger partial charge is 0.477 e. The fourth-order valence-electron chi connectivity index (χ4n) is 2.42. The number of aromatic amines is 1. The molecule has 0 unspecified atom stereocenters. The zero-order valence-corrected chi connectivity index (χ0v) is 11.3. The van der Waals surface area contributed by atoms with E-state index in [9.17, 15) is 9.59 Å². The van der Waals surface area contributed by atoms with Crippen LogP contribution >= 0.6 is 0 Å². The van der Waals surface area contributed by atoms with E-state index in [4.69, 9.17) is 9.52 Å². The number of hydrogen-bond donors (Lipinski definition) is 3. The highest BCUT2D eigenvalue weighted by molar-refractivity contribution is 5.93. The fraction of sp³-hybridized carbons (Fsp3) is 0.385. The molecule has 1 saturated carbocycles. The summed E-state index contributed by atoms with van der Waals surface area (Å²) in [5, 5.41) is 11.8.